The van der Waals surface area contributed by atoms with E-state index < -0.39 is 5.97 Å². The number of rotatable bonds is 8. The average molecular weight is 485 g/mol. The van der Waals surface area contributed by atoms with E-state index in [1.54, 1.807) is 6.07 Å². The van der Waals surface area contributed by atoms with Crippen molar-refractivity contribution in [1.82, 2.24) is 0 Å². The normalized spacial score (nSPS) is 11.3. The summed E-state index contributed by atoms with van der Waals surface area (Å²) < 4.78 is 6.12. The van der Waals surface area contributed by atoms with Gasteiger partial charge in [-0.05, 0) is 85.1 Å². The molecule has 4 aromatic carbocycles. The number of aliphatic carboxylic acids is 1. The molecule has 0 spiro atoms. The summed E-state index contributed by atoms with van der Waals surface area (Å²) in [5.74, 6) is -0.415. The Labute approximate surface area is 215 Å². The van der Waals surface area contributed by atoms with Crippen LogP contribution in [0.4, 0.5) is 17.1 Å². The first-order chi connectivity index (χ1) is 18.1. The van der Waals surface area contributed by atoms with E-state index in [-0.39, 0.29) is 5.57 Å². The van der Waals surface area contributed by atoms with Gasteiger partial charge >= 0.3 is 5.97 Å². The molecule has 5 rings (SSSR count). The van der Waals surface area contributed by atoms with Crippen LogP contribution in [0.25, 0.3) is 22.3 Å². The summed E-state index contributed by atoms with van der Waals surface area (Å²) in [5, 5.41) is 18.9. The minimum atomic E-state index is -1.20. The van der Waals surface area contributed by atoms with Crippen molar-refractivity contribution >= 4 is 34.0 Å². The van der Waals surface area contributed by atoms with E-state index in [2.05, 4.69) is 53.4 Å². The summed E-state index contributed by atoms with van der Waals surface area (Å²) in [6.07, 6.45) is 2.58. The molecule has 0 radical (unpaired) electrons. The molecule has 5 aromatic rings. The Morgan fingerprint density at radius 1 is 0.838 bits per heavy atom. The Morgan fingerprint density at radius 2 is 1.46 bits per heavy atom. The largest absolute Gasteiger partial charge is 0.477 e. The van der Waals surface area contributed by atoms with Crippen molar-refractivity contribution in [2.75, 3.05) is 4.90 Å². The molecule has 5 nitrogen and oxygen atoms in total. The van der Waals surface area contributed by atoms with Gasteiger partial charge in [0, 0.05) is 28.0 Å². The van der Waals surface area contributed by atoms with Crippen LogP contribution in [-0.2, 0) is 11.2 Å². The van der Waals surface area contributed by atoms with Gasteiger partial charge < -0.3 is 14.4 Å². The maximum absolute atomic E-state index is 11.0. The molecule has 1 N–H and O–H groups in total. The molecule has 0 saturated carbocycles. The Bertz CT molecular complexity index is 1560. The van der Waals surface area contributed by atoms with Crippen LogP contribution >= 0.6 is 0 Å². The number of anilines is 3. The van der Waals surface area contributed by atoms with E-state index in [1.165, 1.54) is 6.08 Å². The molecular weight excluding hydrogens is 460 g/mol. The number of fused-ring (bicyclic) bond motifs is 1. The lowest BCUT2D eigenvalue weighted by molar-refractivity contribution is -0.132. The second-order valence-electron chi connectivity index (χ2n) is 8.61. The maximum Gasteiger partial charge on any atom is 0.346 e. The van der Waals surface area contributed by atoms with Crippen LogP contribution in [0.5, 0.6) is 0 Å². The van der Waals surface area contributed by atoms with Crippen molar-refractivity contribution in [2.45, 2.75) is 12.8 Å². The van der Waals surface area contributed by atoms with Gasteiger partial charge in [0.15, 0.2) is 0 Å². The second kappa shape index (κ2) is 10.7. The zero-order valence-corrected chi connectivity index (χ0v) is 20.0. The zero-order chi connectivity index (χ0) is 25.6. The van der Waals surface area contributed by atoms with E-state index in [9.17, 15) is 4.79 Å². The number of carbonyl (C=O) groups is 1. The maximum atomic E-state index is 11.0. The third-order valence-electron chi connectivity index (χ3n) is 6.15. The number of aryl methyl sites for hydroxylation is 1. The quantitative estimate of drug-likeness (QED) is 0.178. The Balaban J connectivity index is 1.39. The number of allylic oxidation sites excluding steroid dienone is 1. The monoisotopic (exact) mass is 484 g/mol. The van der Waals surface area contributed by atoms with Gasteiger partial charge in [-0.15, -0.1) is 0 Å². The summed E-state index contributed by atoms with van der Waals surface area (Å²) in [6, 6.07) is 38.5. The number of carboxylic acids is 1. The third-order valence-corrected chi connectivity index (χ3v) is 6.15. The first-order valence-electron chi connectivity index (χ1n) is 12.0. The fraction of sp³-hybridized carbons (Fsp3) is 0.0625. The van der Waals surface area contributed by atoms with Crippen molar-refractivity contribution in [3.05, 3.63) is 126 Å². The van der Waals surface area contributed by atoms with Crippen LogP contribution in [0.15, 0.2) is 125 Å². The fourth-order valence-corrected chi connectivity index (χ4v) is 4.33. The molecular formula is C32H24N2O3. The standard InChI is InChI=1S/C32H24N2O3/c33-22-25(32(35)36)9-7-8-23-14-19-30-26(20-23)21-31(37-30)24-15-17-29(18-16-24)34(27-10-3-1-4-11-27)28-12-5-2-6-13-28/h1-6,9-21H,7-8H2,(H,35,36)/b25-9-. The predicted octanol–water partition coefficient (Wildman–Crippen LogP) is 8.04. The molecule has 0 aliphatic carbocycles. The van der Waals surface area contributed by atoms with Gasteiger partial charge in [0.2, 0.25) is 0 Å². The number of hydrogen-bond acceptors (Lipinski definition) is 4. The lowest BCUT2D eigenvalue weighted by Crippen LogP contribution is -2.09. The van der Waals surface area contributed by atoms with Gasteiger partial charge in [0.05, 0.1) is 0 Å². The average Bonchev–Trinajstić information content (AvgIpc) is 3.36. The zero-order valence-electron chi connectivity index (χ0n) is 20.0. The van der Waals surface area contributed by atoms with Crippen molar-refractivity contribution in [3.63, 3.8) is 0 Å². The molecule has 1 aromatic heterocycles. The highest BCUT2D eigenvalue weighted by molar-refractivity contribution is 5.91. The van der Waals surface area contributed by atoms with Gasteiger partial charge in [-0.25, -0.2) is 4.79 Å². The van der Waals surface area contributed by atoms with Crippen LogP contribution in [0.3, 0.4) is 0 Å². The van der Waals surface area contributed by atoms with Gasteiger partial charge in [-0.2, -0.15) is 5.26 Å². The van der Waals surface area contributed by atoms with Crippen molar-refractivity contribution in [3.8, 4) is 17.4 Å². The molecule has 180 valence electrons. The molecule has 1 heterocycles. The molecule has 0 aliphatic rings. The van der Waals surface area contributed by atoms with E-state index in [0.29, 0.717) is 12.8 Å². The van der Waals surface area contributed by atoms with Crippen LogP contribution in [0, 0.1) is 11.3 Å². The van der Waals surface area contributed by atoms with Crippen molar-refractivity contribution in [1.29, 1.82) is 5.26 Å². The third kappa shape index (κ3) is 5.29. The van der Waals surface area contributed by atoms with Gasteiger partial charge in [-0.1, -0.05) is 48.5 Å². The summed E-state index contributed by atoms with van der Waals surface area (Å²) in [7, 11) is 0. The van der Waals surface area contributed by atoms with Gasteiger partial charge in [-0.3, -0.25) is 0 Å². The predicted molar refractivity (Wildman–Crippen MR) is 146 cm³/mol. The van der Waals surface area contributed by atoms with Gasteiger partial charge in [0.1, 0.15) is 23.0 Å². The van der Waals surface area contributed by atoms with Crippen LogP contribution in [0.2, 0.25) is 0 Å². The molecule has 0 unspecified atom stereocenters. The van der Waals surface area contributed by atoms with Gasteiger partial charge in [0.25, 0.3) is 0 Å². The Morgan fingerprint density at radius 3 is 2.05 bits per heavy atom. The van der Waals surface area contributed by atoms with Crippen molar-refractivity contribution in [2.24, 2.45) is 0 Å². The van der Waals surface area contributed by atoms with Crippen LogP contribution < -0.4 is 4.90 Å². The molecule has 0 bridgehead atoms. The summed E-state index contributed by atoms with van der Waals surface area (Å²) >= 11 is 0. The highest BCUT2D eigenvalue weighted by atomic mass is 16.4. The first-order valence-corrected chi connectivity index (χ1v) is 12.0. The first kappa shape index (κ1) is 23.7. The molecule has 5 heteroatoms. The lowest BCUT2D eigenvalue weighted by Gasteiger charge is -2.25. The van der Waals surface area contributed by atoms with E-state index in [1.807, 2.05) is 60.7 Å². The number of nitriles is 1. The topological polar surface area (TPSA) is 77.5 Å². The number of furan rings is 1. The van der Waals surface area contributed by atoms with E-state index >= 15 is 0 Å². The van der Waals surface area contributed by atoms with E-state index in [4.69, 9.17) is 14.8 Å². The minimum absolute atomic E-state index is 0.229. The fourth-order valence-electron chi connectivity index (χ4n) is 4.33. The summed E-state index contributed by atoms with van der Waals surface area (Å²) in [5.41, 5.74) is 5.80. The smallest absolute Gasteiger partial charge is 0.346 e. The number of carboxylic acid groups (broad SMARTS) is 1. The highest BCUT2D eigenvalue weighted by Gasteiger charge is 2.13. The molecule has 0 amide bonds. The Hall–Kier alpha value is -5.08. The minimum Gasteiger partial charge on any atom is -0.477 e. The number of hydrogen-bond donors (Lipinski definition) is 1. The van der Waals surface area contributed by atoms with Crippen LogP contribution in [0.1, 0.15) is 12.0 Å². The molecule has 37 heavy (non-hydrogen) atoms. The second-order valence-corrected chi connectivity index (χ2v) is 8.61. The summed E-state index contributed by atoms with van der Waals surface area (Å²) in [4.78, 5) is 13.2. The summed E-state index contributed by atoms with van der Waals surface area (Å²) in [6.45, 7) is 0. The van der Waals surface area contributed by atoms with Crippen LogP contribution in [-0.4, -0.2) is 11.1 Å². The number of benzene rings is 4. The Kier molecular flexibility index (Phi) is 6.82. The molecule has 0 saturated heterocycles. The highest BCUT2D eigenvalue weighted by Crippen LogP contribution is 2.36. The molecule has 0 fully saturated rings. The number of nitrogens with zero attached hydrogens (tertiary/aromatic N) is 2. The lowest BCUT2D eigenvalue weighted by atomic mass is 10.1. The SMILES string of the molecule is N#C/C(=C/CCc1ccc2oc(-c3ccc(N(c4ccccc4)c4ccccc4)cc3)cc2c1)C(=O)O. The number of para-hydroxylation sites is 2. The van der Waals surface area contributed by atoms with E-state index in [0.717, 1.165) is 44.9 Å². The molecule has 0 aliphatic heterocycles. The molecule has 0 atom stereocenters. The van der Waals surface area contributed by atoms with Crippen molar-refractivity contribution < 1.29 is 14.3 Å².